The largest absolute Gasteiger partial charge is 0.478 e. The zero-order valence-corrected chi connectivity index (χ0v) is 12.5. The molecular formula is C15H25N3O2. The minimum atomic E-state index is -0.0167. The average Bonchev–Trinajstić information content (AvgIpc) is 2.46. The summed E-state index contributed by atoms with van der Waals surface area (Å²) in [5, 5.41) is 13.0. The first-order valence-corrected chi connectivity index (χ1v) is 7.51. The van der Waals surface area contributed by atoms with Crippen molar-refractivity contribution >= 4 is 5.95 Å². The molecule has 0 radical (unpaired) electrons. The molecule has 0 atom stereocenters. The van der Waals surface area contributed by atoms with Crippen LogP contribution in [-0.2, 0) is 0 Å². The van der Waals surface area contributed by atoms with Crippen LogP contribution in [0.1, 0.15) is 44.7 Å². The zero-order chi connectivity index (χ0) is 14.4. The number of nitrogens with one attached hydrogen (secondary N) is 1. The molecule has 0 unspecified atom stereocenters. The quantitative estimate of drug-likeness (QED) is 0.837. The smallest absolute Gasteiger partial charge is 0.226 e. The summed E-state index contributed by atoms with van der Waals surface area (Å²) < 4.78 is 5.43. The molecule has 1 aromatic heterocycles. The standard InChI is InChI=1S/C15H25N3O2/c1-3-20-13-9-12(2)17-14(18-13)16-10-15(11-19)7-5-4-6-8-15/h9,19H,3-8,10-11H2,1-2H3,(H,16,17,18). The van der Waals surface area contributed by atoms with Gasteiger partial charge in [-0.2, -0.15) is 4.98 Å². The lowest BCUT2D eigenvalue weighted by molar-refractivity contribution is 0.0942. The summed E-state index contributed by atoms with van der Waals surface area (Å²) in [6.07, 6.45) is 5.81. The predicted molar refractivity (Wildman–Crippen MR) is 79.0 cm³/mol. The molecule has 112 valence electrons. The maximum atomic E-state index is 9.71. The molecule has 0 spiro atoms. The van der Waals surface area contributed by atoms with Gasteiger partial charge in [0.2, 0.25) is 11.8 Å². The molecule has 1 fully saturated rings. The molecule has 20 heavy (non-hydrogen) atoms. The van der Waals surface area contributed by atoms with Crippen LogP contribution in [-0.4, -0.2) is 34.8 Å². The second kappa shape index (κ2) is 6.88. The summed E-state index contributed by atoms with van der Waals surface area (Å²) in [6.45, 7) is 5.41. The third kappa shape index (κ3) is 3.82. The fourth-order valence-corrected chi connectivity index (χ4v) is 2.80. The van der Waals surface area contributed by atoms with E-state index in [-0.39, 0.29) is 12.0 Å². The van der Waals surface area contributed by atoms with Crippen molar-refractivity contribution in [3.63, 3.8) is 0 Å². The molecule has 0 aromatic carbocycles. The average molecular weight is 279 g/mol. The van der Waals surface area contributed by atoms with Crippen molar-refractivity contribution in [2.24, 2.45) is 5.41 Å². The minimum absolute atomic E-state index is 0.0167. The number of hydrogen-bond donors (Lipinski definition) is 2. The first-order chi connectivity index (χ1) is 9.67. The van der Waals surface area contributed by atoms with Gasteiger partial charge >= 0.3 is 0 Å². The molecule has 2 rings (SSSR count). The van der Waals surface area contributed by atoms with E-state index in [1.165, 1.54) is 19.3 Å². The van der Waals surface area contributed by atoms with Gasteiger partial charge in [-0.3, -0.25) is 0 Å². The van der Waals surface area contributed by atoms with E-state index in [0.717, 1.165) is 25.1 Å². The van der Waals surface area contributed by atoms with Gasteiger partial charge in [0, 0.05) is 23.7 Å². The molecule has 0 amide bonds. The van der Waals surface area contributed by atoms with E-state index in [2.05, 4.69) is 15.3 Å². The van der Waals surface area contributed by atoms with Gasteiger partial charge in [0.05, 0.1) is 13.2 Å². The second-order valence-electron chi connectivity index (χ2n) is 5.68. The topological polar surface area (TPSA) is 67.3 Å². The lowest BCUT2D eigenvalue weighted by atomic mass is 9.74. The van der Waals surface area contributed by atoms with Crippen LogP contribution in [0.4, 0.5) is 5.95 Å². The van der Waals surface area contributed by atoms with Crippen LogP contribution >= 0.6 is 0 Å². The fraction of sp³-hybridized carbons (Fsp3) is 0.733. The van der Waals surface area contributed by atoms with Crippen molar-refractivity contribution in [3.8, 4) is 5.88 Å². The van der Waals surface area contributed by atoms with Crippen molar-refractivity contribution in [1.29, 1.82) is 0 Å². The summed E-state index contributed by atoms with van der Waals surface area (Å²) in [5.41, 5.74) is 0.865. The summed E-state index contributed by atoms with van der Waals surface area (Å²) in [5.74, 6) is 1.19. The first-order valence-electron chi connectivity index (χ1n) is 7.51. The van der Waals surface area contributed by atoms with Crippen molar-refractivity contribution in [3.05, 3.63) is 11.8 Å². The monoisotopic (exact) mass is 279 g/mol. The Hall–Kier alpha value is -1.36. The Labute approximate surface area is 120 Å². The first kappa shape index (κ1) is 15.0. The number of nitrogens with zero attached hydrogens (tertiary/aromatic N) is 2. The highest BCUT2D eigenvalue weighted by atomic mass is 16.5. The van der Waals surface area contributed by atoms with Crippen LogP contribution in [0.5, 0.6) is 5.88 Å². The third-order valence-corrected chi connectivity index (χ3v) is 3.99. The number of hydrogen-bond acceptors (Lipinski definition) is 5. The van der Waals surface area contributed by atoms with E-state index in [1.54, 1.807) is 0 Å². The number of aromatic nitrogens is 2. The molecule has 0 saturated heterocycles. The summed E-state index contributed by atoms with van der Waals surface area (Å²) in [7, 11) is 0. The molecule has 0 aliphatic heterocycles. The van der Waals surface area contributed by atoms with E-state index in [0.29, 0.717) is 18.4 Å². The van der Waals surface area contributed by atoms with E-state index in [1.807, 2.05) is 19.9 Å². The highest BCUT2D eigenvalue weighted by Gasteiger charge is 2.31. The van der Waals surface area contributed by atoms with Gasteiger partial charge in [0.1, 0.15) is 0 Å². The van der Waals surface area contributed by atoms with Crippen LogP contribution in [0, 0.1) is 12.3 Å². The van der Waals surface area contributed by atoms with Crippen LogP contribution < -0.4 is 10.1 Å². The SMILES string of the molecule is CCOc1cc(C)nc(NCC2(CO)CCCCC2)n1. The van der Waals surface area contributed by atoms with Crippen LogP contribution in [0.3, 0.4) is 0 Å². The Bertz CT molecular complexity index is 431. The van der Waals surface area contributed by atoms with Gasteiger partial charge in [-0.25, -0.2) is 4.98 Å². The number of aliphatic hydroxyl groups is 1. The van der Waals surface area contributed by atoms with Crippen molar-refractivity contribution < 1.29 is 9.84 Å². The third-order valence-electron chi connectivity index (χ3n) is 3.99. The Morgan fingerprint density at radius 1 is 1.30 bits per heavy atom. The Kier molecular flexibility index (Phi) is 5.17. The Morgan fingerprint density at radius 2 is 2.05 bits per heavy atom. The fourth-order valence-electron chi connectivity index (χ4n) is 2.80. The van der Waals surface area contributed by atoms with Gasteiger partial charge in [-0.1, -0.05) is 19.3 Å². The highest BCUT2D eigenvalue weighted by molar-refractivity contribution is 5.31. The molecule has 0 bridgehead atoms. The van der Waals surface area contributed by atoms with Crippen molar-refractivity contribution in [1.82, 2.24) is 9.97 Å². The normalized spacial score (nSPS) is 17.8. The highest BCUT2D eigenvalue weighted by Crippen LogP contribution is 2.35. The number of anilines is 1. The van der Waals surface area contributed by atoms with Gasteiger partial charge in [-0.05, 0) is 26.7 Å². The summed E-state index contributed by atoms with van der Waals surface area (Å²) in [6, 6.07) is 1.83. The van der Waals surface area contributed by atoms with E-state index in [4.69, 9.17) is 4.74 Å². The molecule has 1 heterocycles. The van der Waals surface area contributed by atoms with E-state index in [9.17, 15) is 5.11 Å². The van der Waals surface area contributed by atoms with E-state index >= 15 is 0 Å². The number of aryl methyl sites for hydroxylation is 1. The molecule has 2 N–H and O–H groups in total. The van der Waals surface area contributed by atoms with Crippen LogP contribution in [0.25, 0.3) is 0 Å². The van der Waals surface area contributed by atoms with Gasteiger partial charge in [0.15, 0.2) is 0 Å². The second-order valence-corrected chi connectivity index (χ2v) is 5.68. The predicted octanol–water partition coefficient (Wildman–Crippen LogP) is 2.54. The minimum Gasteiger partial charge on any atom is -0.478 e. The van der Waals surface area contributed by atoms with E-state index < -0.39 is 0 Å². The molecular weight excluding hydrogens is 254 g/mol. The van der Waals surface area contributed by atoms with Gasteiger partial charge in [-0.15, -0.1) is 0 Å². The molecule has 5 nitrogen and oxygen atoms in total. The number of rotatable bonds is 6. The lowest BCUT2D eigenvalue weighted by Gasteiger charge is -2.35. The maximum Gasteiger partial charge on any atom is 0.226 e. The van der Waals surface area contributed by atoms with Gasteiger partial charge < -0.3 is 15.2 Å². The molecule has 1 aliphatic rings. The van der Waals surface area contributed by atoms with Crippen LogP contribution in [0.15, 0.2) is 6.07 Å². The molecule has 1 saturated carbocycles. The van der Waals surface area contributed by atoms with Crippen molar-refractivity contribution in [2.75, 3.05) is 25.1 Å². The summed E-state index contributed by atoms with van der Waals surface area (Å²) in [4.78, 5) is 8.73. The Balaban J connectivity index is 2.02. The van der Waals surface area contributed by atoms with Gasteiger partial charge in [0.25, 0.3) is 0 Å². The molecule has 5 heteroatoms. The lowest BCUT2D eigenvalue weighted by Crippen LogP contribution is -2.36. The number of aliphatic hydroxyl groups excluding tert-OH is 1. The molecule has 1 aromatic rings. The van der Waals surface area contributed by atoms with Crippen molar-refractivity contribution in [2.45, 2.75) is 46.0 Å². The molecule has 1 aliphatic carbocycles. The summed E-state index contributed by atoms with van der Waals surface area (Å²) >= 11 is 0. The zero-order valence-electron chi connectivity index (χ0n) is 12.5. The van der Waals surface area contributed by atoms with Crippen LogP contribution in [0.2, 0.25) is 0 Å². The number of ether oxygens (including phenoxy) is 1. The Morgan fingerprint density at radius 3 is 2.70 bits per heavy atom. The maximum absolute atomic E-state index is 9.71.